The van der Waals surface area contributed by atoms with Gasteiger partial charge in [-0.25, -0.2) is 9.67 Å². The number of thiazole rings is 1. The van der Waals surface area contributed by atoms with Crippen molar-refractivity contribution < 1.29 is 0 Å². The zero-order chi connectivity index (χ0) is 13.0. The Morgan fingerprint density at radius 1 is 1.56 bits per heavy atom. The van der Waals surface area contributed by atoms with Gasteiger partial charge in [0.05, 0.1) is 18.4 Å². The molecule has 18 heavy (non-hydrogen) atoms. The lowest BCUT2D eigenvalue weighted by Gasteiger charge is -2.17. The fourth-order valence-corrected chi connectivity index (χ4v) is 2.13. The Bertz CT molecular complexity index is 551. The van der Waals surface area contributed by atoms with Gasteiger partial charge in [-0.3, -0.25) is 4.79 Å². The van der Waals surface area contributed by atoms with Crippen molar-refractivity contribution >= 4 is 17.0 Å². The van der Waals surface area contributed by atoms with Crippen LogP contribution in [0.3, 0.4) is 0 Å². The van der Waals surface area contributed by atoms with E-state index in [9.17, 15) is 4.79 Å². The quantitative estimate of drug-likeness (QED) is 0.832. The number of hydrogen-bond acceptors (Lipinski definition) is 6. The van der Waals surface area contributed by atoms with Crippen LogP contribution < -0.4 is 16.2 Å². The Hall–Kier alpha value is -1.73. The highest BCUT2D eigenvalue weighted by Crippen LogP contribution is 2.08. The number of rotatable bonds is 5. The molecule has 2 heterocycles. The summed E-state index contributed by atoms with van der Waals surface area (Å²) < 4.78 is 1.40. The fraction of sp³-hybridized carbons (Fsp3) is 0.364. The summed E-state index contributed by atoms with van der Waals surface area (Å²) in [7, 11) is 1.88. The molecule has 0 aliphatic heterocycles. The standard InChI is InChI=1S/C11H15N5OS/c1-15(4-2-12)9-6-11(17)16(14-7-9)8-10-13-3-5-18-10/h3,5-7H,2,4,8,12H2,1H3. The summed E-state index contributed by atoms with van der Waals surface area (Å²) >= 11 is 1.51. The lowest BCUT2D eigenvalue weighted by molar-refractivity contribution is 0.634. The Morgan fingerprint density at radius 2 is 2.39 bits per heavy atom. The second-order valence-corrected chi connectivity index (χ2v) is 4.82. The van der Waals surface area contributed by atoms with Crippen LogP contribution in [0.4, 0.5) is 5.69 Å². The number of hydrogen-bond donors (Lipinski definition) is 1. The summed E-state index contributed by atoms with van der Waals surface area (Å²) in [6, 6.07) is 1.57. The van der Waals surface area contributed by atoms with Crippen molar-refractivity contribution in [3.63, 3.8) is 0 Å². The fourth-order valence-electron chi connectivity index (χ4n) is 1.53. The maximum Gasteiger partial charge on any atom is 0.269 e. The normalized spacial score (nSPS) is 10.6. The van der Waals surface area contributed by atoms with Gasteiger partial charge in [-0.15, -0.1) is 11.3 Å². The predicted octanol–water partition coefficient (Wildman–Crippen LogP) is 0.143. The zero-order valence-electron chi connectivity index (χ0n) is 10.1. The molecule has 6 nitrogen and oxygen atoms in total. The minimum Gasteiger partial charge on any atom is -0.372 e. The monoisotopic (exact) mass is 265 g/mol. The van der Waals surface area contributed by atoms with Crippen LogP contribution >= 0.6 is 11.3 Å². The number of nitrogens with two attached hydrogens (primary N) is 1. The molecule has 2 aromatic rings. The smallest absolute Gasteiger partial charge is 0.269 e. The van der Waals surface area contributed by atoms with Crippen LogP contribution in [0.5, 0.6) is 0 Å². The molecule has 0 atom stereocenters. The highest BCUT2D eigenvalue weighted by Gasteiger charge is 2.05. The van der Waals surface area contributed by atoms with Crippen molar-refractivity contribution in [1.82, 2.24) is 14.8 Å². The van der Waals surface area contributed by atoms with Crippen molar-refractivity contribution in [2.45, 2.75) is 6.54 Å². The summed E-state index contributed by atoms with van der Waals surface area (Å²) in [5, 5.41) is 6.89. The molecule has 0 spiro atoms. The third kappa shape index (κ3) is 2.93. The molecule has 7 heteroatoms. The Kier molecular flexibility index (Phi) is 4.06. The Morgan fingerprint density at radius 3 is 3.00 bits per heavy atom. The molecule has 0 saturated carbocycles. The molecule has 0 bridgehead atoms. The van der Waals surface area contributed by atoms with Gasteiger partial charge in [-0.05, 0) is 0 Å². The molecule has 0 aliphatic rings. The highest BCUT2D eigenvalue weighted by atomic mass is 32.1. The van der Waals surface area contributed by atoms with E-state index in [0.29, 0.717) is 19.6 Å². The molecule has 0 aromatic carbocycles. The Balaban J connectivity index is 2.17. The molecule has 0 radical (unpaired) electrons. The van der Waals surface area contributed by atoms with E-state index in [0.717, 1.165) is 10.7 Å². The number of aromatic nitrogens is 3. The molecule has 0 saturated heterocycles. The van der Waals surface area contributed by atoms with Gasteiger partial charge in [0, 0.05) is 37.8 Å². The van der Waals surface area contributed by atoms with Crippen LogP contribution in [0.1, 0.15) is 5.01 Å². The molecule has 0 aliphatic carbocycles. The first-order valence-corrected chi connectivity index (χ1v) is 6.45. The van der Waals surface area contributed by atoms with Gasteiger partial charge in [0.15, 0.2) is 0 Å². The number of likely N-dealkylation sites (N-methyl/N-ethyl adjacent to an activating group) is 1. The van der Waals surface area contributed by atoms with Gasteiger partial charge in [0.2, 0.25) is 0 Å². The van der Waals surface area contributed by atoms with E-state index in [4.69, 9.17) is 5.73 Å². The van der Waals surface area contributed by atoms with Crippen LogP contribution in [0, 0.1) is 0 Å². The van der Waals surface area contributed by atoms with Crippen molar-refractivity contribution in [2.75, 3.05) is 25.0 Å². The summed E-state index contributed by atoms with van der Waals surface area (Å²) in [5.74, 6) is 0. The van der Waals surface area contributed by atoms with E-state index in [1.165, 1.54) is 16.0 Å². The van der Waals surface area contributed by atoms with E-state index in [2.05, 4.69) is 10.1 Å². The summed E-state index contributed by atoms with van der Waals surface area (Å²) in [4.78, 5) is 17.9. The highest BCUT2D eigenvalue weighted by molar-refractivity contribution is 7.09. The average Bonchev–Trinajstić information content (AvgIpc) is 2.85. The number of anilines is 1. The third-order valence-corrected chi connectivity index (χ3v) is 3.29. The maximum atomic E-state index is 11.9. The van der Waals surface area contributed by atoms with E-state index >= 15 is 0 Å². The lowest BCUT2D eigenvalue weighted by Crippen LogP contribution is -2.29. The largest absolute Gasteiger partial charge is 0.372 e. The molecule has 0 unspecified atom stereocenters. The maximum absolute atomic E-state index is 11.9. The first kappa shape index (κ1) is 12.7. The molecule has 0 amide bonds. The van der Waals surface area contributed by atoms with Crippen molar-refractivity contribution in [3.05, 3.63) is 39.2 Å². The van der Waals surface area contributed by atoms with Crippen LogP contribution in [0.25, 0.3) is 0 Å². The number of nitrogens with zero attached hydrogens (tertiary/aromatic N) is 4. The lowest BCUT2D eigenvalue weighted by atomic mass is 10.4. The Labute approximate surface area is 109 Å². The van der Waals surface area contributed by atoms with Gasteiger partial charge < -0.3 is 10.6 Å². The molecule has 2 aromatic heterocycles. The van der Waals surface area contributed by atoms with Gasteiger partial charge in [0.25, 0.3) is 5.56 Å². The van der Waals surface area contributed by atoms with Crippen molar-refractivity contribution in [3.8, 4) is 0 Å². The van der Waals surface area contributed by atoms with Crippen LogP contribution in [-0.4, -0.2) is 34.9 Å². The van der Waals surface area contributed by atoms with Gasteiger partial charge in [-0.1, -0.05) is 0 Å². The molecular formula is C11H15N5OS. The van der Waals surface area contributed by atoms with Crippen LogP contribution in [-0.2, 0) is 6.54 Å². The van der Waals surface area contributed by atoms with Crippen molar-refractivity contribution in [1.29, 1.82) is 0 Å². The molecule has 0 fully saturated rings. The second kappa shape index (κ2) is 5.74. The summed E-state index contributed by atoms with van der Waals surface area (Å²) in [6.45, 7) is 1.65. The first-order valence-electron chi connectivity index (χ1n) is 5.57. The second-order valence-electron chi connectivity index (χ2n) is 3.85. The van der Waals surface area contributed by atoms with E-state index in [-0.39, 0.29) is 5.56 Å². The molecule has 96 valence electrons. The minimum atomic E-state index is -0.133. The predicted molar refractivity (Wildman–Crippen MR) is 72.0 cm³/mol. The molecular weight excluding hydrogens is 250 g/mol. The molecule has 2 rings (SSSR count). The SMILES string of the molecule is CN(CCN)c1cnn(Cc2nccs2)c(=O)c1. The van der Waals surface area contributed by atoms with Gasteiger partial charge in [0.1, 0.15) is 5.01 Å². The van der Waals surface area contributed by atoms with Gasteiger partial charge in [-0.2, -0.15) is 5.10 Å². The van der Waals surface area contributed by atoms with Gasteiger partial charge >= 0.3 is 0 Å². The average molecular weight is 265 g/mol. The van der Waals surface area contributed by atoms with E-state index in [1.807, 2.05) is 17.3 Å². The van der Waals surface area contributed by atoms with Crippen LogP contribution in [0.15, 0.2) is 28.6 Å². The summed E-state index contributed by atoms with van der Waals surface area (Å²) in [6.07, 6.45) is 3.39. The molecule has 2 N–H and O–H groups in total. The topological polar surface area (TPSA) is 77.0 Å². The minimum absolute atomic E-state index is 0.133. The van der Waals surface area contributed by atoms with E-state index < -0.39 is 0 Å². The summed E-state index contributed by atoms with van der Waals surface area (Å²) in [5.41, 5.74) is 6.12. The van der Waals surface area contributed by atoms with E-state index in [1.54, 1.807) is 18.5 Å². The third-order valence-electron chi connectivity index (χ3n) is 2.53. The zero-order valence-corrected chi connectivity index (χ0v) is 10.9. The van der Waals surface area contributed by atoms with Crippen LogP contribution in [0.2, 0.25) is 0 Å². The van der Waals surface area contributed by atoms with Crippen molar-refractivity contribution in [2.24, 2.45) is 5.73 Å². The first-order chi connectivity index (χ1) is 8.70.